The zero-order valence-corrected chi connectivity index (χ0v) is 23.9. The normalized spacial score (nSPS) is 29.5. The molecule has 2 bridgehead atoms. The van der Waals surface area contributed by atoms with Crippen LogP contribution in [-0.2, 0) is 26.7 Å². The molecule has 2 aliphatic heterocycles. The smallest absolute Gasteiger partial charge is 0.264 e. The van der Waals surface area contributed by atoms with Gasteiger partial charge in [-0.15, -0.1) is 0 Å². The van der Waals surface area contributed by atoms with E-state index in [0.717, 1.165) is 62.3 Å². The Bertz CT molecular complexity index is 1390. The molecule has 2 aromatic carbocycles. The summed E-state index contributed by atoms with van der Waals surface area (Å²) in [5.41, 5.74) is 3.17. The summed E-state index contributed by atoms with van der Waals surface area (Å²) in [6.07, 6.45) is 13.7. The van der Waals surface area contributed by atoms with Gasteiger partial charge in [-0.05, 0) is 111 Å². The Hall–Kier alpha value is -2.51. The van der Waals surface area contributed by atoms with Crippen LogP contribution in [0.25, 0.3) is 0 Å². The summed E-state index contributed by atoms with van der Waals surface area (Å²) in [5.74, 6) is 1.42. The number of fused-ring (bicyclic) bond motifs is 4. The molecule has 2 aliphatic carbocycles. The van der Waals surface area contributed by atoms with Gasteiger partial charge in [-0.1, -0.05) is 29.8 Å². The van der Waals surface area contributed by atoms with Crippen LogP contribution in [0.2, 0.25) is 5.02 Å². The number of hydrogen-bond acceptors (Lipinski definition) is 5. The summed E-state index contributed by atoms with van der Waals surface area (Å²) in [7, 11) is -3.99. The molecule has 8 heteroatoms. The minimum absolute atomic E-state index is 0.103. The Morgan fingerprint density at radius 1 is 1.00 bits per heavy atom. The standard InChI is InChI=1S/C31H37ClN2O4S/c32-25-12-14-27-23(17-25)8-6-16-31(27)20-34-19-24-11-10-22(24)7-4-2-1-3-5-9-30(35)33-39(36,37)26-13-15-29(38-21-31)28(34)18-26/h2,4,12-15,17-18,22,24H,1,3,5-11,16,19-21H2,(H,33,35)/b4-2+/t22-,24+,31+/m1/s1. The molecule has 0 aromatic heterocycles. The number of anilines is 1. The van der Waals surface area contributed by atoms with Crippen LogP contribution in [0.1, 0.15) is 68.9 Å². The number of nitrogens with one attached hydrogen (secondary N) is 1. The van der Waals surface area contributed by atoms with Gasteiger partial charge in [0.1, 0.15) is 5.75 Å². The maximum Gasteiger partial charge on any atom is 0.264 e. The Kier molecular flexibility index (Phi) is 7.40. The number of aryl methyl sites for hydroxylation is 1. The molecule has 2 heterocycles. The van der Waals surface area contributed by atoms with Crippen molar-refractivity contribution >= 4 is 33.2 Å². The second-order valence-corrected chi connectivity index (χ2v) is 13.9. The highest BCUT2D eigenvalue weighted by Gasteiger charge is 2.43. The number of ether oxygens (including phenoxy) is 1. The van der Waals surface area contributed by atoms with Crippen LogP contribution in [0.15, 0.2) is 53.4 Å². The second-order valence-electron chi connectivity index (χ2n) is 11.8. The molecule has 6 nitrogen and oxygen atoms in total. The number of allylic oxidation sites excluding steroid dienone is 2. The van der Waals surface area contributed by atoms with Gasteiger partial charge in [-0.25, -0.2) is 13.1 Å². The zero-order chi connectivity index (χ0) is 27.0. The summed E-state index contributed by atoms with van der Waals surface area (Å²) < 4.78 is 35.3. The number of amides is 1. The topological polar surface area (TPSA) is 75.7 Å². The van der Waals surface area contributed by atoms with Crippen molar-refractivity contribution in [1.29, 1.82) is 0 Å². The molecule has 0 saturated heterocycles. The van der Waals surface area contributed by atoms with E-state index >= 15 is 0 Å². The van der Waals surface area contributed by atoms with E-state index in [1.54, 1.807) is 18.2 Å². The quantitative estimate of drug-likeness (QED) is 0.385. The first-order chi connectivity index (χ1) is 18.8. The lowest BCUT2D eigenvalue weighted by Gasteiger charge is -2.44. The van der Waals surface area contributed by atoms with Gasteiger partial charge in [0, 0.05) is 29.9 Å². The van der Waals surface area contributed by atoms with Gasteiger partial charge in [-0.2, -0.15) is 0 Å². The minimum Gasteiger partial charge on any atom is -0.490 e. The van der Waals surface area contributed by atoms with Gasteiger partial charge in [0.2, 0.25) is 5.91 Å². The maximum atomic E-state index is 13.2. The first-order valence-electron chi connectivity index (χ1n) is 14.3. The average molecular weight is 569 g/mol. The van der Waals surface area contributed by atoms with E-state index < -0.39 is 15.9 Å². The molecule has 0 radical (unpaired) electrons. The SMILES string of the molecule is O=C1CCCC/C=C/C[C@@H]2CC[C@H]2CN2C[C@@]3(CCCc4cc(Cl)ccc43)COc3ccc(cc32)S(=O)(=O)N1. The largest absolute Gasteiger partial charge is 0.490 e. The van der Waals surface area contributed by atoms with Crippen molar-refractivity contribution in [3.8, 4) is 5.75 Å². The molecule has 6 rings (SSSR count). The highest BCUT2D eigenvalue weighted by atomic mass is 35.5. The number of benzene rings is 2. The number of rotatable bonds is 0. The van der Waals surface area contributed by atoms with Gasteiger partial charge < -0.3 is 9.64 Å². The lowest BCUT2D eigenvalue weighted by Crippen LogP contribution is -2.48. The fourth-order valence-electron chi connectivity index (χ4n) is 6.93. The fourth-order valence-corrected chi connectivity index (χ4v) is 8.16. The van der Waals surface area contributed by atoms with Crippen molar-refractivity contribution in [2.45, 2.75) is 74.5 Å². The summed E-state index contributed by atoms with van der Waals surface area (Å²) in [6, 6.07) is 11.3. The van der Waals surface area contributed by atoms with Gasteiger partial charge >= 0.3 is 0 Å². The van der Waals surface area contributed by atoms with Gasteiger partial charge in [0.25, 0.3) is 10.0 Å². The number of hydrogen-bond donors (Lipinski definition) is 1. The Morgan fingerprint density at radius 3 is 2.72 bits per heavy atom. The number of carbonyl (C=O) groups is 1. The zero-order valence-electron chi connectivity index (χ0n) is 22.3. The molecule has 1 amide bonds. The van der Waals surface area contributed by atoms with E-state index in [4.69, 9.17) is 16.3 Å². The van der Waals surface area contributed by atoms with Crippen LogP contribution >= 0.6 is 11.6 Å². The van der Waals surface area contributed by atoms with Crippen LogP contribution in [0, 0.1) is 11.8 Å². The molecular formula is C31H37ClN2O4S. The molecule has 2 aromatic rings. The maximum absolute atomic E-state index is 13.2. The number of sulfonamides is 1. The number of nitrogens with zero attached hydrogens (tertiary/aromatic N) is 1. The molecular weight excluding hydrogens is 532 g/mol. The molecule has 1 spiro atoms. The minimum atomic E-state index is -3.99. The van der Waals surface area contributed by atoms with Crippen LogP contribution in [0.4, 0.5) is 5.69 Å². The summed E-state index contributed by atoms with van der Waals surface area (Å²) in [6.45, 7) is 2.14. The first kappa shape index (κ1) is 26.7. The molecule has 4 aliphatic rings. The van der Waals surface area contributed by atoms with E-state index in [2.05, 4.69) is 33.9 Å². The van der Waals surface area contributed by atoms with Crippen molar-refractivity contribution in [3.05, 3.63) is 64.7 Å². The van der Waals surface area contributed by atoms with Crippen molar-refractivity contribution in [1.82, 2.24) is 4.72 Å². The predicted octanol–water partition coefficient (Wildman–Crippen LogP) is 6.16. The van der Waals surface area contributed by atoms with Gasteiger partial charge in [-0.3, -0.25) is 4.79 Å². The second kappa shape index (κ2) is 10.8. The molecule has 208 valence electrons. The highest BCUT2D eigenvalue weighted by molar-refractivity contribution is 7.90. The van der Waals surface area contributed by atoms with E-state index in [1.165, 1.54) is 24.0 Å². The summed E-state index contributed by atoms with van der Waals surface area (Å²) >= 11 is 6.38. The van der Waals surface area contributed by atoms with Crippen LogP contribution < -0.4 is 14.4 Å². The van der Waals surface area contributed by atoms with Gasteiger partial charge in [0.15, 0.2) is 0 Å². The first-order valence-corrected chi connectivity index (χ1v) is 16.2. The Labute approximate surface area is 236 Å². The van der Waals surface area contributed by atoms with E-state index in [0.29, 0.717) is 30.6 Å². The Morgan fingerprint density at radius 2 is 1.87 bits per heavy atom. The lowest BCUT2D eigenvalue weighted by molar-refractivity contribution is -0.119. The molecule has 1 saturated carbocycles. The van der Waals surface area contributed by atoms with Crippen molar-refractivity contribution in [2.75, 3.05) is 24.6 Å². The monoisotopic (exact) mass is 568 g/mol. The van der Waals surface area contributed by atoms with E-state index in [1.807, 2.05) is 6.07 Å². The van der Waals surface area contributed by atoms with E-state index in [9.17, 15) is 13.2 Å². The summed E-state index contributed by atoms with van der Waals surface area (Å²) in [4.78, 5) is 15.0. The lowest BCUT2D eigenvalue weighted by atomic mass is 9.69. The fraction of sp³-hybridized carbons (Fsp3) is 0.516. The van der Waals surface area contributed by atoms with Crippen LogP contribution in [0.5, 0.6) is 5.75 Å². The number of carbonyl (C=O) groups excluding carboxylic acids is 1. The molecule has 0 unspecified atom stereocenters. The van der Waals surface area contributed by atoms with Gasteiger partial charge in [0.05, 0.1) is 17.2 Å². The number of halogens is 1. The van der Waals surface area contributed by atoms with Crippen LogP contribution in [0.3, 0.4) is 0 Å². The third-order valence-electron chi connectivity index (χ3n) is 9.23. The van der Waals surface area contributed by atoms with Crippen LogP contribution in [-0.4, -0.2) is 34.0 Å². The summed E-state index contributed by atoms with van der Waals surface area (Å²) in [5, 5.41) is 0.756. The highest BCUT2D eigenvalue weighted by Crippen LogP contribution is 2.46. The van der Waals surface area contributed by atoms with Crippen molar-refractivity contribution in [2.24, 2.45) is 11.8 Å². The third-order valence-corrected chi connectivity index (χ3v) is 10.8. The molecule has 1 N–H and O–H groups in total. The molecule has 1 fully saturated rings. The van der Waals surface area contributed by atoms with Crippen molar-refractivity contribution in [3.63, 3.8) is 0 Å². The predicted molar refractivity (Wildman–Crippen MR) is 154 cm³/mol. The molecule has 3 atom stereocenters. The average Bonchev–Trinajstić information content (AvgIpc) is 3.04. The molecule has 39 heavy (non-hydrogen) atoms. The van der Waals surface area contributed by atoms with E-state index in [-0.39, 0.29) is 16.7 Å². The third kappa shape index (κ3) is 5.45. The Balaban J connectivity index is 1.41. The van der Waals surface area contributed by atoms with Crippen molar-refractivity contribution < 1.29 is 17.9 Å².